The molecule has 1 heterocycles. The van der Waals surface area contributed by atoms with Gasteiger partial charge in [0.05, 0.1) is 6.54 Å². The lowest BCUT2D eigenvalue weighted by atomic mass is 10.4. The Bertz CT molecular complexity index is 107. The van der Waals surface area contributed by atoms with Crippen molar-refractivity contribution in [1.82, 2.24) is 5.32 Å². The van der Waals surface area contributed by atoms with Crippen LogP contribution in [0.15, 0.2) is 0 Å². The van der Waals surface area contributed by atoms with Gasteiger partial charge in [-0.1, -0.05) is 0 Å². The molecule has 0 amide bonds. The standard InChI is InChI=1S/C3H5NO3/c5-2(6)3(7)1-4-3/h4,7H,1H2,(H,5,6). The highest BCUT2D eigenvalue weighted by molar-refractivity contribution is 5.80. The number of β-amino-alcohol motifs (C(OH)–C–C–N with tert-alkyl or cyclic N) is 1. The minimum atomic E-state index is -1.58. The first-order valence-electron chi connectivity index (χ1n) is 1.86. The van der Waals surface area contributed by atoms with Crippen LogP contribution in [0.3, 0.4) is 0 Å². The molecule has 0 aromatic carbocycles. The summed E-state index contributed by atoms with van der Waals surface area (Å²) >= 11 is 0. The lowest BCUT2D eigenvalue weighted by molar-refractivity contribution is -0.149. The third kappa shape index (κ3) is 0.574. The van der Waals surface area contributed by atoms with Gasteiger partial charge in [-0.2, -0.15) is 0 Å². The van der Waals surface area contributed by atoms with Gasteiger partial charge in [-0.05, 0) is 0 Å². The third-order valence-electron chi connectivity index (χ3n) is 0.865. The number of carboxylic acids is 1. The molecule has 4 heteroatoms. The van der Waals surface area contributed by atoms with Gasteiger partial charge in [-0.3, -0.25) is 5.32 Å². The molecule has 0 aliphatic carbocycles. The predicted octanol–water partition coefficient (Wildman–Crippen LogP) is -1.64. The monoisotopic (exact) mass is 103 g/mol. The van der Waals surface area contributed by atoms with E-state index in [0.29, 0.717) is 0 Å². The SMILES string of the molecule is O=C(O)C1(O)CN1. The van der Waals surface area contributed by atoms with E-state index in [4.69, 9.17) is 10.2 Å². The summed E-state index contributed by atoms with van der Waals surface area (Å²) in [7, 11) is 0. The molecular formula is C3H5NO3. The van der Waals surface area contributed by atoms with E-state index < -0.39 is 11.7 Å². The van der Waals surface area contributed by atoms with E-state index in [9.17, 15) is 4.79 Å². The predicted molar refractivity (Wildman–Crippen MR) is 20.6 cm³/mol. The average Bonchev–Trinajstić information content (AvgIpc) is 2.21. The summed E-state index contributed by atoms with van der Waals surface area (Å²) in [5.74, 6) is -1.20. The largest absolute Gasteiger partial charge is 0.478 e. The second-order valence-corrected chi connectivity index (χ2v) is 1.52. The number of carboxylic acid groups (broad SMARTS) is 1. The summed E-state index contributed by atoms with van der Waals surface area (Å²) in [6.45, 7) is 0.169. The number of aliphatic hydroxyl groups is 1. The second-order valence-electron chi connectivity index (χ2n) is 1.52. The molecule has 7 heavy (non-hydrogen) atoms. The Hall–Kier alpha value is -0.610. The Morgan fingerprint density at radius 3 is 2.29 bits per heavy atom. The molecular weight excluding hydrogens is 98.0 g/mol. The lowest BCUT2D eigenvalue weighted by Crippen LogP contribution is -2.26. The van der Waals surface area contributed by atoms with E-state index >= 15 is 0 Å². The Kier molecular flexibility index (Phi) is 0.625. The molecule has 1 rings (SSSR count). The van der Waals surface area contributed by atoms with Gasteiger partial charge in [-0.25, -0.2) is 4.79 Å². The number of rotatable bonds is 1. The summed E-state index contributed by atoms with van der Waals surface area (Å²) in [6, 6.07) is 0. The molecule has 4 nitrogen and oxygen atoms in total. The van der Waals surface area contributed by atoms with Crippen LogP contribution in [0.2, 0.25) is 0 Å². The van der Waals surface area contributed by atoms with Crippen LogP contribution in [0.25, 0.3) is 0 Å². The molecule has 1 atom stereocenters. The van der Waals surface area contributed by atoms with E-state index in [-0.39, 0.29) is 6.54 Å². The van der Waals surface area contributed by atoms with Gasteiger partial charge in [0, 0.05) is 0 Å². The number of hydrogen-bond acceptors (Lipinski definition) is 3. The molecule has 40 valence electrons. The van der Waals surface area contributed by atoms with Gasteiger partial charge in [0.1, 0.15) is 0 Å². The minimum Gasteiger partial charge on any atom is -0.478 e. The topological polar surface area (TPSA) is 79.5 Å². The third-order valence-corrected chi connectivity index (χ3v) is 0.865. The van der Waals surface area contributed by atoms with Crippen molar-refractivity contribution >= 4 is 5.97 Å². The fourth-order valence-corrected chi connectivity index (χ4v) is 0.235. The maximum absolute atomic E-state index is 9.77. The molecule has 0 aromatic rings. The molecule has 1 fully saturated rings. The van der Waals surface area contributed by atoms with Crippen LogP contribution in [0, 0.1) is 0 Å². The van der Waals surface area contributed by atoms with Gasteiger partial charge >= 0.3 is 5.97 Å². The van der Waals surface area contributed by atoms with E-state index in [2.05, 4.69) is 5.32 Å². The normalized spacial score (nSPS) is 37.9. The summed E-state index contributed by atoms with van der Waals surface area (Å²) in [4.78, 5) is 9.77. The second kappa shape index (κ2) is 0.962. The summed E-state index contributed by atoms with van der Waals surface area (Å²) in [6.07, 6.45) is 0. The van der Waals surface area contributed by atoms with Crippen LogP contribution < -0.4 is 5.32 Å². The van der Waals surface area contributed by atoms with Crippen molar-refractivity contribution in [1.29, 1.82) is 0 Å². The highest BCUT2D eigenvalue weighted by Crippen LogP contribution is 2.10. The van der Waals surface area contributed by atoms with Crippen LogP contribution in [-0.4, -0.2) is 28.5 Å². The molecule has 1 aliphatic rings. The van der Waals surface area contributed by atoms with Gasteiger partial charge in [0.25, 0.3) is 0 Å². The number of nitrogens with one attached hydrogen (secondary N) is 1. The van der Waals surface area contributed by atoms with Crippen molar-refractivity contribution < 1.29 is 15.0 Å². The van der Waals surface area contributed by atoms with Crippen molar-refractivity contribution in [2.75, 3.05) is 6.54 Å². The molecule has 0 saturated carbocycles. The van der Waals surface area contributed by atoms with Gasteiger partial charge in [0.15, 0.2) is 0 Å². The molecule has 0 radical (unpaired) electrons. The van der Waals surface area contributed by atoms with Crippen LogP contribution in [0.5, 0.6) is 0 Å². The summed E-state index contributed by atoms with van der Waals surface area (Å²) in [5, 5.41) is 18.8. The Morgan fingerprint density at radius 1 is 1.86 bits per heavy atom. The van der Waals surface area contributed by atoms with Gasteiger partial charge < -0.3 is 10.2 Å². The van der Waals surface area contributed by atoms with Crippen molar-refractivity contribution in [3.8, 4) is 0 Å². The minimum absolute atomic E-state index is 0.169. The molecule has 3 N–H and O–H groups in total. The number of hydrogen-bond donors (Lipinski definition) is 3. The van der Waals surface area contributed by atoms with Crippen molar-refractivity contribution in [2.45, 2.75) is 5.72 Å². The van der Waals surface area contributed by atoms with Crippen molar-refractivity contribution in [2.24, 2.45) is 0 Å². The Labute approximate surface area is 39.8 Å². The van der Waals surface area contributed by atoms with Gasteiger partial charge in [0.2, 0.25) is 5.72 Å². The average molecular weight is 103 g/mol. The van der Waals surface area contributed by atoms with E-state index in [1.54, 1.807) is 0 Å². The van der Waals surface area contributed by atoms with Crippen LogP contribution in [0.1, 0.15) is 0 Å². The molecule has 0 spiro atoms. The Morgan fingerprint density at radius 2 is 2.29 bits per heavy atom. The lowest BCUT2D eigenvalue weighted by Gasteiger charge is -1.92. The fourth-order valence-electron chi connectivity index (χ4n) is 0.235. The molecule has 1 unspecified atom stereocenters. The van der Waals surface area contributed by atoms with E-state index in [1.807, 2.05) is 0 Å². The zero-order valence-electron chi connectivity index (χ0n) is 3.51. The molecule has 0 aromatic heterocycles. The fraction of sp³-hybridized carbons (Fsp3) is 0.667. The van der Waals surface area contributed by atoms with Crippen molar-refractivity contribution in [3.05, 3.63) is 0 Å². The molecule has 1 aliphatic heterocycles. The van der Waals surface area contributed by atoms with E-state index in [0.717, 1.165) is 0 Å². The number of carbonyl (C=O) groups is 1. The number of aliphatic carboxylic acids is 1. The molecule has 1 saturated heterocycles. The van der Waals surface area contributed by atoms with Crippen LogP contribution in [0.4, 0.5) is 0 Å². The summed E-state index contributed by atoms with van der Waals surface area (Å²) in [5.41, 5.74) is -1.58. The van der Waals surface area contributed by atoms with Crippen LogP contribution in [-0.2, 0) is 4.79 Å². The molecule has 0 bridgehead atoms. The smallest absolute Gasteiger partial charge is 0.352 e. The zero-order chi connectivity index (χ0) is 5.49. The first kappa shape index (κ1) is 4.55. The van der Waals surface area contributed by atoms with Crippen LogP contribution >= 0.6 is 0 Å². The van der Waals surface area contributed by atoms with Crippen molar-refractivity contribution in [3.63, 3.8) is 0 Å². The maximum Gasteiger partial charge on any atom is 0.352 e. The quantitative estimate of drug-likeness (QED) is 0.348. The van der Waals surface area contributed by atoms with E-state index in [1.165, 1.54) is 0 Å². The van der Waals surface area contributed by atoms with Gasteiger partial charge in [-0.15, -0.1) is 0 Å². The highest BCUT2D eigenvalue weighted by atomic mass is 16.4. The highest BCUT2D eigenvalue weighted by Gasteiger charge is 2.48. The Balaban J connectivity index is 2.55. The maximum atomic E-state index is 9.77. The summed E-state index contributed by atoms with van der Waals surface area (Å²) < 4.78 is 0. The zero-order valence-corrected chi connectivity index (χ0v) is 3.51. The first-order valence-corrected chi connectivity index (χ1v) is 1.86. The first-order chi connectivity index (χ1) is 3.15.